The number of aryl methyl sites for hydroxylation is 2. The zero-order valence-corrected chi connectivity index (χ0v) is 26.0. The maximum absolute atomic E-state index is 15.4. The van der Waals surface area contributed by atoms with Gasteiger partial charge in [0, 0.05) is 43.5 Å². The summed E-state index contributed by atoms with van der Waals surface area (Å²) in [4.78, 5) is 61.8. The fourth-order valence-corrected chi connectivity index (χ4v) is 6.10. The van der Waals surface area contributed by atoms with Gasteiger partial charge in [0.25, 0.3) is 11.5 Å². The molecule has 1 amide bonds. The number of rotatable bonds is 7. The number of ether oxygens (including phenoxy) is 1. The van der Waals surface area contributed by atoms with Gasteiger partial charge in [0.15, 0.2) is 0 Å². The van der Waals surface area contributed by atoms with Crippen LogP contribution in [0.1, 0.15) is 21.5 Å². The highest BCUT2D eigenvalue weighted by molar-refractivity contribution is 5.99. The van der Waals surface area contributed by atoms with Gasteiger partial charge in [-0.2, -0.15) is 13.2 Å². The lowest BCUT2D eigenvalue weighted by molar-refractivity contribution is -0.167. The molecule has 2 atom stereocenters. The molecule has 0 spiro atoms. The van der Waals surface area contributed by atoms with Gasteiger partial charge in [-0.05, 0) is 48.4 Å². The Bertz CT molecular complexity index is 2230. The molecule has 3 aromatic heterocycles. The molecule has 1 aliphatic rings. The quantitative estimate of drug-likeness (QED) is 0.247. The number of halogens is 4. The number of amides is 1. The normalized spacial score (nSPS) is 15.8. The lowest BCUT2D eigenvalue weighted by Crippen LogP contribution is -2.53. The molecule has 5 aromatic rings. The maximum Gasteiger partial charge on any atom is 0.411 e. The molecule has 49 heavy (non-hydrogen) atoms. The van der Waals surface area contributed by atoms with Crippen LogP contribution in [0.2, 0.25) is 0 Å². The van der Waals surface area contributed by atoms with Gasteiger partial charge in [-0.3, -0.25) is 24.1 Å². The number of nitrogens with zero attached hydrogens (tertiary/aromatic N) is 5. The van der Waals surface area contributed by atoms with Crippen LogP contribution in [0.4, 0.5) is 23.2 Å². The first kappa shape index (κ1) is 33.3. The smallest absolute Gasteiger partial charge is 0.411 e. The van der Waals surface area contributed by atoms with Gasteiger partial charge < -0.3 is 20.1 Å². The summed E-state index contributed by atoms with van der Waals surface area (Å²) in [5, 5.41) is 13.0. The number of pyridine rings is 2. The minimum atomic E-state index is -4.65. The summed E-state index contributed by atoms with van der Waals surface area (Å²) in [5.74, 6) is -3.65. The van der Waals surface area contributed by atoms with E-state index in [2.05, 4.69) is 15.3 Å². The molecular formula is C33H28F4N6O6. The summed E-state index contributed by atoms with van der Waals surface area (Å²) >= 11 is 0. The molecule has 1 saturated heterocycles. The monoisotopic (exact) mass is 680 g/mol. The van der Waals surface area contributed by atoms with Crippen LogP contribution < -0.4 is 21.5 Å². The van der Waals surface area contributed by atoms with Crippen molar-refractivity contribution in [3.63, 3.8) is 0 Å². The second-order valence-corrected chi connectivity index (χ2v) is 11.5. The number of hydrogen-bond donors (Lipinski definition) is 2. The Hall–Kier alpha value is -5.64. The fourth-order valence-electron chi connectivity index (χ4n) is 6.10. The molecule has 1 unspecified atom stereocenters. The summed E-state index contributed by atoms with van der Waals surface area (Å²) in [7, 11) is 1.49. The molecule has 2 aromatic carbocycles. The van der Waals surface area contributed by atoms with Crippen LogP contribution in [0, 0.1) is 12.7 Å². The van der Waals surface area contributed by atoms with E-state index in [1.807, 2.05) is 0 Å². The van der Waals surface area contributed by atoms with E-state index in [1.165, 1.54) is 61.4 Å². The number of nitrogens with one attached hydrogen (secondary N) is 1. The van der Waals surface area contributed by atoms with Gasteiger partial charge in [-0.1, -0.05) is 12.1 Å². The van der Waals surface area contributed by atoms with Gasteiger partial charge >= 0.3 is 17.8 Å². The molecule has 254 valence electrons. The van der Waals surface area contributed by atoms with Crippen LogP contribution in [-0.2, 0) is 23.0 Å². The predicted molar refractivity (Wildman–Crippen MR) is 170 cm³/mol. The van der Waals surface area contributed by atoms with Crippen molar-refractivity contribution in [3.8, 4) is 5.69 Å². The fraction of sp³-hybridized carbons (Fsp3) is 0.273. The van der Waals surface area contributed by atoms with Crippen molar-refractivity contribution in [3.05, 3.63) is 104 Å². The first-order valence-electron chi connectivity index (χ1n) is 15.0. The largest absolute Gasteiger partial charge is 0.480 e. The van der Waals surface area contributed by atoms with E-state index >= 15 is 4.39 Å². The summed E-state index contributed by atoms with van der Waals surface area (Å²) in [5.41, 5.74) is -0.817. The third-order valence-electron chi connectivity index (χ3n) is 8.52. The lowest BCUT2D eigenvalue weighted by atomic mass is 9.99. The van der Waals surface area contributed by atoms with Crippen LogP contribution in [0.5, 0.6) is 0 Å². The molecule has 0 aliphatic carbocycles. The zero-order chi connectivity index (χ0) is 35.2. The van der Waals surface area contributed by atoms with Crippen molar-refractivity contribution in [2.75, 3.05) is 24.7 Å². The van der Waals surface area contributed by atoms with E-state index in [-0.39, 0.29) is 47.4 Å². The minimum absolute atomic E-state index is 0.00115. The number of carboxylic acid groups (broad SMARTS) is 1. The Kier molecular flexibility index (Phi) is 8.66. The van der Waals surface area contributed by atoms with Gasteiger partial charge in [0.2, 0.25) is 0 Å². The number of carboxylic acids is 1. The molecule has 4 heterocycles. The lowest BCUT2D eigenvalue weighted by Gasteiger charge is -2.38. The number of carbonyl (C=O) groups excluding carboxylic acids is 1. The molecule has 16 heteroatoms. The highest BCUT2D eigenvalue weighted by atomic mass is 19.4. The van der Waals surface area contributed by atoms with Crippen molar-refractivity contribution < 1.29 is 37.0 Å². The number of benzene rings is 2. The number of hydrogen-bond acceptors (Lipinski definition) is 8. The van der Waals surface area contributed by atoms with Crippen molar-refractivity contribution in [2.24, 2.45) is 7.05 Å². The molecule has 0 radical (unpaired) electrons. The third kappa shape index (κ3) is 6.10. The van der Waals surface area contributed by atoms with Crippen molar-refractivity contribution >= 4 is 39.4 Å². The SMILES string of the molecule is Cc1cc(N2CCOCC2C(F)(F)F)cc(F)c1C(=O)N[C@@H](Cc1ccc(-n2c(=O)c3ccncc3n(C)c2=O)c2ncccc12)C(=O)O. The molecule has 12 nitrogen and oxygen atoms in total. The molecule has 2 N–H and O–H groups in total. The van der Waals surface area contributed by atoms with Crippen molar-refractivity contribution in [1.82, 2.24) is 24.4 Å². The molecule has 1 aliphatic heterocycles. The highest BCUT2D eigenvalue weighted by Crippen LogP contribution is 2.33. The Balaban J connectivity index is 1.32. The summed E-state index contributed by atoms with van der Waals surface area (Å²) in [6.45, 7) is 0.548. The van der Waals surface area contributed by atoms with Gasteiger partial charge in [0.05, 0.1) is 47.1 Å². The summed E-state index contributed by atoms with van der Waals surface area (Å²) < 4.78 is 63.5. The average Bonchev–Trinajstić information content (AvgIpc) is 3.07. The van der Waals surface area contributed by atoms with E-state index in [4.69, 9.17) is 4.74 Å². The van der Waals surface area contributed by atoms with E-state index in [1.54, 1.807) is 12.1 Å². The number of morpholine rings is 1. The number of alkyl halides is 3. The minimum Gasteiger partial charge on any atom is -0.480 e. The molecule has 0 bridgehead atoms. The van der Waals surface area contributed by atoms with E-state index in [0.717, 1.165) is 15.5 Å². The van der Waals surface area contributed by atoms with E-state index < -0.39 is 59.4 Å². The van der Waals surface area contributed by atoms with Crippen LogP contribution in [0.3, 0.4) is 0 Å². The molecule has 1 fully saturated rings. The van der Waals surface area contributed by atoms with E-state index in [0.29, 0.717) is 16.5 Å². The Morgan fingerprint density at radius 1 is 1.12 bits per heavy atom. The second-order valence-electron chi connectivity index (χ2n) is 11.5. The number of carbonyl (C=O) groups is 2. The maximum atomic E-state index is 15.4. The molecule has 6 rings (SSSR count). The Labute approximate surface area is 274 Å². The second kappa shape index (κ2) is 12.8. The Morgan fingerprint density at radius 3 is 2.61 bits per heavy atom. The third-order valence-corrected chi connectivity index (χ3v) is 8.52. The van der Waals surface area contributed by atoms with Crippen LogP contribution in [0.15, 0.2) is 70.6 Å². The number of anilines is 1. The summed E-state index contributed by atoms with van der Waals surface area (Å²) in [6, 6.07) is 6.09. The molecule has 0 saturated carbocycles. The number of aliphatic carboxylic acids is 1. The van der Waals surface area contributed by atoms with Gasteiger partial charge in [-0.15, -0.1) is 0 Å². The van der Waals surface area contributed by atoms with Crippen molar-refractivity contribution in [1.29, 1.82) is 0 Å². The zero-order valence-electron chi connectivity index (χ0n) is 26.0. The van der Waals surface area contributed by atoms with Crippen molar-refractivity contribution in [2.45, 2.75) is 31.6 Å². The van der Waals surface area contributed by atoms with Crippen LogP contribution >= 0.6 is 0 Å². The summed E-state index contributed by atoms with van der Waals surface area (Å²) in [6.07, 6.45) is -0.689. The van der Waals surface area contributed by atoms with Crippen LogP contribution in [-0.4, -0.2) is 74.1 Å². The number of aromatic nitrogens is 4. The number of fused-ring (bicyclic) bond motifs is 2. The molecular weight excluding hydrogens is 652 g/mol. The highest BCUT2D eigenvalue weighted by Gasteiger charge is 2.45. The van der Waals surface area contributed by atoms with E-state index in [9.17, 15) is 37.5 Å². The average molecular weight is 681 g/mol. The predicted octanol–water partition coefficient (Wildman–Crippen LogP) is 3.27. The van der Waals surface area contributed by atoms with Gasteiger partial charge in [-0.25, -0.2) is 18.5 Å². The Morgan fingerprint density at radius 2 is 1.90 bits per heavy atom. The van der Waals surface area contributed by atoms with Crippen LogP contribution in [0.25, 0.3) is 27.5 Å². The first-order valence-corrected chi connectivity index (χ1v) is 15.0. The van der Waals surface area contributed by atoms with Gasteiger partial charge in [0.1, 0.15) is 17.9 Å². The topological polar surface area (TPSA) is 149 Å². The standard InChI is InChI=1S/C33H28F4N6O6/c1-17-12-19(42-10-11-49-16-26(42)33(35,36)37)14-22(34)27(17)29(44)40-23(31(46)47)13-18-5-6-24(28-20(18)4-3-8-39-28)43-30(45)21-7-9-38-15-25(21)41(2)32(43)48/h3-9,12,14-15,23,26H,10-11,13,16H2,1-2H3,(H,40,44)(H,46,47)/t23-,26?/m0/s1. The first-order chi connectivity index (χ1) is 23.3.